The average molecular weight is 371 g/mol. The van der Waals surface area contributed by atoms with Crippen LogP contribution >= 0.6 is 27.5 Å². The van der Waals surface area contributed by atoms with Crippen LogP contribution in [-0.4, -0.2) is 17.6 Å². The Morgan fingerprint density at radius 1 is 1.24 bits per heavy atom. The minimum absolute atomic E-state index is 0.0259. The molecule has 4 nitrogen and oxygen atoms in total. The van der Waals surface area contributed by atoms with Gasteiger partial charge in [-0.25, -0.2) is 0 Å². The lowest BCUT2D eigenvalue weighted by molar-refractivity contribution is -0.118. The molecule has 0 spiro atoms. The van der Waals surface area contributed by atoms with Gasteiger partial charge in [-0.15, -0.1) is 0 Å². The first kappa shape index (κ1) is 15.8. The Kier molecular flexibility index (Phi) is 5.61. The summed E-state index contributed by atoms with van der Waals surface area (Å²) in [5.74, 6) is 0.277. The molecule has 2 N–H and O–H groups in total. The fraction of sp³-hybridized carbons (Fsp3) is 0.133. The topological polar surface area (TPSA) is 58.6 Å². The second-order valence-corrected chi connectivity index (χ2v) is 5.56. The number of carbonyl (C=O) groups is 1. The third-order valence-electron chi connectivity index (χ3n) is 2.67. The number of hydrogen-bond donors (Lipinski definition) is 2. The molecule has 0 atom stereocenters. The van der Waals surface area contributed by atoms with Gasteiger partial charge < -0.3 is 15.2 Å². The Morgan fingerprint density at radius 3 is 2.57 bits per heavy atom. The molecular weight excluding hydrogens is 358 g/mol. The molecule has 0 aromatic heterocycles. The van der Waals surface area contributed by atoms with Gasteiger partial charge in [-0.1, -0.05) is 23.7 Å². The van der Waals surface area contributed by atoms with Gasteiger partial charge in [0.1, 0.15) is 5.75 Å². The van der Waals surface area contributed by atoms with E-state index in [1.54, 1.807) is 42.5 Å². The third-order valence-corrected chi connectivity index (χ3v) is 3.53. The number of nitrogens with one attached hydrogen (secondary N) is 1. The fourth-order valence-electron chi connectivity index (χ4n) is 1.63. The van der Waals surface area contributed by atoms with E-state index in [4.69, 9.17) is 21.4 Å². The van der Waals surface area contributed by atoms with E-state index in [1.165, 1.54) is 0 Å². The standard InChI is InChI=1S/C15H13BrClNO3/c16-13-7-11(17)3-6-14(13)21-9-15(20)18-12-4-1-10(8-19)2-5-12/h1-7,19H,8-9H2,(H,18,20). The van der Waals surface area contributed by atoms with Crippen molar-refractivity contribution in [3.05, 3.63) is 57.5 Å². The van der Waals surface area contributed by atoms with E-state index in [0.717, 1.165) is 5.56 Å². The number of aliphatic hydroxyl groups is 1. The third kappa shape index (κ3) is 4.74. The first-order valence-corrected chi connectivity index (χ1v) is 7.33. The maximum atomic E-state index is 11.8. The largest absolute Gasteiger partial charge is 0.483 e. The van der Waals surface area contributed by atoms with E-state index in [1.807, 2.05) is 0 Å². The highest BCUT2D eigenvalue weighted by atomic mass is 79.9. The summed E-state index contributed by atoms with van der Waals surface area (Å²) in [5.41, 5.74) is 1.44. The number of rotatable bonds is 5. The average Bonchev–Trinajstić information content (AvgIpc) is 2.47. The molecule has 0 radical (unpaired) electrons. The lowest BCUT2D eigenvalue weighted by atomic mass is 10.2. The van der Waals surface area contributed by atoms with Gasteiger partial charge >= 0.3 is 0 Å². The summed E-state index contributed by atoms with van der Waals surface area (Å²) >= 11 is 9.14. The summed E-state index contributed by atoms with van der Waals surface area (Å²) in [6.45, 7) is -0.135. The van der Waals surface area contributed by atoms with Crippen molar-refractivity contribution in [1.29, 1.82) is 0 Å². The maximum Gasteiger partial charge on any atom is 0.262 e. The number of halogens is 2. The van der Waals surface area contributed by atoms with E-state index in [-0.39, 0.29) is 19.1 Å². The number of amides is 1. The van der Waals surface area contributed by atoms with E-state index in [9.17, 15) is 4.79 Å². The summed E-state index contributed by atoms with van der Waals surface area (Å²) < 4.78 is 6.10. The molecule has 110 valence electrons. The Balaban J connectivity index is 1.89. The van der Waals surface area contributed by atoms with Crippen LogP contribution in [-0.2, 0) is 11.4 Å². The number of hydrogen-bond acceptors (Lipinski definition) is 3. The van der Waals surface area contributed by atoms with Crippen molar-refractivity contribution in [1.82, 2.24) is 0 Å². The van der Waals surface area contributed by atoms with Gasteiger partial charge in [0, 0.05) is 10.7 Å². The molecule has 0 saturated heterocycles. The summed E-state index contributed by atoms with van der Waals surface area (Å²) in [7, 11) is 0. The van der Waals surface area contributed by atoms with Crippen molar-refractivity contribution in [2.45, 2.75) is 6.61 Å². The van der Waals surface area contributed by atoms with Crippen LogP contribution in [0.1, 0.15) is 5.56 Å². The smallest absolute Gasteiger partial charge is 0.262 e. The summed E-state index contributed by atoms with van der Waals surface area (Å²) in [6.07, 6.45) is 0. The summed E-state index contributed by atoms with van der Waals surface area (Å²) in [4.78, 5) is 11.8. The van der Waals surface area contributed by atoms with Gasteiger partial charge in [-0.05, 0) is 51.8 Å². The Hall–Kier alpha value is -1.56. The first-order valence-electron chi connectivity index (χ1n) is 6.16. The predicted molar refractivity (Wildman–Crippen MR) is 85.6 cm³/mol. The zero-order valence-corrected chi connectivity index (χ0v) is 13.3. The van der Waals surface area contributed by atoms with Crippen LogP contribution in [0.3, 0.4) is 0 Å². The molecule has 0 fully saturated rings. The van der Waals surface area contributed by atoms with Crippen LogP contribution in [0, 0.1) is 0 Å². The van der Waals surface area contributed by atoms with Gasteiger partial charge in [-0.2, -0.15) is 0 Å². The molecule has 0 unspecified atom stereocenters. The molecule has 2 rings (SSSR count). The predicted octanol–water partition coefficient (Wildman–Crippen LogP) is 3.61. The second kappa shape index (κ2) is 7.45. The van der Waals surface area contributed by atoms with Gasteiger partial charge in [-0.3, -0.25) is 4.79 Å². The lowest BCUT2D eigenvalue weighted by Crippen LogP contribution is -2.20. The highest BCUT2D eigenvalue weighted by Crippen LogP contribution is 2.27. The molecule has 0 saturated carbocycles. The molecule has 2 aromatic rings. The number of anilines is 1. The zero-order valence-electron chi connectivity index (χ0n) is 11.0. The maximum absolute atomic E-state index is 11.8. The van der Waals surface area contributed by atoms with Crippen molar-refractivity contribution in [3.8, 4) is 5.75 Å². The monoisotopic (exact) mass is 369 g/mol. The van der Waals surface area contributed by atoms with Crippen molar-refractivity contribution >= 4 is 39.1 Å². The van der Waals surface area contributed by atoms with Crippen molar-refractivity contribution < 1.29 is 14.6 Å². The van der Waals surface area contributed by atoms with Crippen molar-refractivity contribution in [3.63, 3.8) is 0 Å². The van der Waals surface area contributed by atoms with Crippen molar-refractivity contribution in [2.24, 2.45) is 0 Å². The second-order valence-electron chi connectivity index (χ2n) is 4.27. The normalized spacial score (nSPS) is 10.2. The summed E-state index contributed by atoms with van der Waals surface area (Å²) in [5, 5.41) is 12.2. The quantitative estimate of drug-likeness (QED) is 0.845. The minimum atomic E-state index is -0.270. The molecule has 6 heteroatoms. The van der Waals surface area contributed by atoms with E-state index >= 15 is 0 Å². The molecule has 2 aromatic carbocycles. The van der Waals surface area contributed by atoms with Crippen molar-refractivity contribution in [2.75, 3.05) is 11.9 Å². The lowest BCUT2D eigenvalue weighted by Gasteiger charge is -2.09. The van der Waals surface area contributed by atoms with Crippen LogP contribution < -0.4 is 10.1 Å². The van der Waals surface area contributed by atoms with Crippen LogP contribution in [0.15, 0.2) is 46.9 Å². The number of benzene rings is 2. The highest BCUT2D eigenvalue weighted by Gasteiger charge is 2.06. The van der Waals surface area contributed by atoms with Crippen LogP contribution in [0.5, 0.6) is 5.75 Å². The number of aliphatic hydroxyl groups excluding tert-OH is 1. The molecule has 0 bridgehead atoms. The van der Waals surface area contributed by atoms with Gasteiger partial charge in [0.2, 0.25) is 0 Å². The number of ether oxygens (including phenoxy) is 1. The van der Waals surface area contributed by atoms with Gasteiger partial charge in [0.05, 0.1) is 11.1 Å². The molecule has 0 aliphatic rings. The minimum Gasteiger partial charge on any atom is -0.483 e. The molecule has 21 heavy (non-hydrogen) atoms. The van der Waals surface area contributed by atoms with E-state index in [0.29, 0.717) is 20.9 Å². The van der Waals surface area contributed by atoms with Crippen LogP contribution in [0.2, 0.25) is 5.02 Å². The molecule has 0 aliphatic carbocycles. The molecule has 1 amide bonds. The Morgan fingerprint density at radius 2 is 1.95 bits per heavy atom. The fourth-order valence-corrected chi connectivity index (χ4v) is 2.42. The number of carbonyl (C=O) groups excluding carboxylic acids is 1. The molecule has 0 aliphatic heterocycles. The Labute approximate surface area is 135 Å². The van der Waals surface area contributed by atoms with E-state index < -0.39 is 0 Å². The highest BCUT2D eigenvalue weighted by molar-refractivity contribution is 9.10. The first-order chi connectivity index (χ1) is 10.1. The molecule has 0 heterocycles. The SMILES string of the molecule is O=C(COc1ccc(Cl)cc1Br)Nc1ccc(CO)cc1. The Bertz CT molecular complexity index is 631. The van der Waals surface area contributed by atoms with Crippen LogP contribution in [0.4, 0.5) is 5.69 Å². The van der Waals surface area contributed by atoms with Gasteiger partial charge in [0.15, 0.2) is 6.61 Å². The zero-order chi connectivity index (χ0) is 15.2. The van der Waals surface area contributed by atoms with Gasteiger partial charge in [0.25, 0.3) is 5.91 Å². The summed E-state index contributed by atoms with van der Waals surface area (Å²) in [6, 6.07) is 12.0. The van der Waals surface area contributed by atoms with Crippen LogP contribution in [0.25, 0.3) is 0 Å². The molecular formula is C15H13BrClNO3. The van der Waals surface area contributed by atoms with E-state index in [2.05, 4.69) is 21.2 Å².